The minimum absolute atomic E-state index is 0.267. The molecule has 0 unspecified atom stereocenters. The van der Waals surface area contributed by atoms with Crippen molar-refractivity contribution in [1.29, 1.82) is 0 Å². The normalized spacial score (nSPS) is 10.5. The summed E-state index contributed by atoms with van der Waals surface area (Å²) in [6.45, 7) is 0. The van der Waals surface area contributed by atoms with Crippen LogP contribution in [0.5, 0.6) is 17.2 Å². The van der Waals surface area contributed by atoms with Crippen LogP contribution in [0.1, 0.15) is 26.3 Å². The third-order valence-electron chi connectivity index (χ3n) is 4.13. The van der Waals surface area contributed by atoms with Crippen LogP contribution in [-0.2, 0) is 0 Å². The average molecular weight is 404 g/mol. The summed E-state index contributed by atoms with van der Waals surface area (Å²) in [5.41, 5.74) is 4.00. The highest BCUT2D eigenvalue weighted by atomic mass is 16.6. The molecule has 0 saturated carbocycles. The molecular weight excluding hydrogens is 384 g/mol. The summed E-state index contributed by atoms with van der Waals surface area (Å²) in [6, 6.07) is 20.3. The first-order valence-corrected chi connectivity index (χ1v) is 9.03. The molecule has 0 bridgehead atoms. The fourth-order valence-electron chi connectivity index (χ4n) is 2.55. The SMILES string of the molecule is COc1ccc(C(=O)Oc2ccc(/C=N/NC(=O)c3ccccc3)cc2OC)cc1. The van der Waals surface area contributed by atoms with Gasteiger partial charge in [-0.25, -0.2) is 10.2 Å². The predicted octanol–water partition coefficient (Wildman–Crippen LogP) is 3.69. The van der Waals surface area contributed by atoms with Gasteiger partial charge in [0.1, 0.15) is 5.75 Å². The van der Waals surface area contributed by atoms with Gasteiger partial charge in [-0.1, -0.05) is 18.2 Å². The van der Waals surface area contributed by atoms with Crippen molar-refractivity contribution in [3.8, 4) is 17.2 Å². The quantitative estimate of drug-likeness (QED) is 0.281. The predicted molar refractivity (Wildman–Crippen MR) is 112 cm³/mol. The Kier molecular flexibility index (Phi) is 6.78. The van der Waals surface area contributed by atoms with Crippen molar-refractivity contribution in [3.63, 3.8) is 0 Å². The second-order valence-corrected chi connectivity index (χ2v) is 6.09. The highest BCUT2D eigenvalue weighted by Crippen LogP contribution is 2.28. The largest absolute Gasteiger partial charge is 0.497 e. The van der Waals surface area contributed by atoms with Gasteiger partial charge in [-0.05, 0) is 60.2 Å². The first-order chi connectivity index (χ1) is 14.6. The van der Waals surface area contributed by atoms with E-state index >= 15 is 0 Å². The molecule has 0 atom stereocenters. The summed E-state index contributed by atoms with van der Waals surface area (Å²) in [7, 11) is 3.02. The van der Waals surface area contributed by atoms with E-state index in [9.17, 15) is 9.59 Å². The van der Waals surface area contributed by atoms with E-state index in [-0.39, 0.29) is 11.7 Å². The third kappa shape index (κ3) is 5.23. The molecule has 0 aliphatic heterocycles. The van der Waals surface area contributed by atoms with Crippen molar-refractivity contribution in [3.05, 3.63) is 89.5 Å². The number of nitrogens with one attached hydrogen (secondary N) is 1. The van der Waals surface area contributed by atoms with Gasteiger partial charge in [-0.3, -0.25) is 4.79 Å². The van der Waals surface area contributed by atoms with Crippen LogP contribution in [0.4, 0.5) is 0 Å². The van der Waals surface area contributed by atoms with Gasteiger partial charge in [0.15, 0.2) is 11.5 Å². The Bertz CT molecular complexity index is 1050. The highest BCUT2D eigenvalue weighted by Gasteiger charge is 2.13. The summed E-state index contributed by atoms with van der Waals surface area (Å²) in [5, 5.41) is 3.95. The minimum Gasteiger partial charge on any atom is -0.497 e. The van der Waals surface area contributed by atoms with Crippen LogP contribution in [-0.4, -0.2) is 32.3 Å². The molecule has 152 valence electrons. The van der Waals surface area contributed by atoms with E-state index in [1.54, 1.807) is 73.8 Å². The Morgan fingerprint density at radius 1 is 0.833 bits per heavy atom. The molecule has 0 aromatic heterocycles. The number of hydrogen-bond acceptors (Lipinski definition) is 6. The zero-order valence-electron chi connectivity index (χ0n) is 16.5. The van der Waals surface area contributed by atoms with Gasteiger partial charge in [0.25, 0.3) is 5.91 Å². The lowest BCUT2D eigenvalue weighted by atomic mass is 10.2. The molecule has 0 saturated heterocycles. The maximum Gasteiger partial charge on any atom is 0.343 e. The molecule has 0 heterocycles. The number of rotatable bonds is 7. The molecule has 3 aromatic rings. The Labute approximate surface area is 173 Å². The van der Waals surface area contributed by atoms with E-state index < -0.39 is 5.97 Å². The Balaban J connectivity index is 1.66. The third-order valence-corrected chi connectivity index (χ3v) is 4.13. The van der Waals surface area contributed by atoms with Crippen molar-refractivity contribution in [1.82, 2.24) is 5.43 Å². The van der Waals surface area contributed by atoms with E-state index in [4.69, 9.17) is 14.2 Å². The molecule has 1 amide bonds. The van der Waals surface area contributed by atoms with E-state index in [0.29, 0.717) is 28.2 Å². The summed E-state index contributed by atoms with van der Waals surface area (Å²) < 4.78 is 15.8. The fraction of sp³-hybridized carbons (Fsp3) is 0.0870. The van der Waals surface area contributed by atoms with E-state index in [1.807, 2.05) is 6.07 Å². The van der Waals surface area contributed by atoms with Gasteiger partial charge in [0.05, 0.1) is 26.0 Å². The molecular formula is C23H20N2O5. The number of carbonyl (C=O) groups is 2. The monoisotopic (exact) mass is 404 g/mol. The highest BCUT2D eigenvalue weighted by molar-refractivity contribution is 5.95. The summed E-state index contributed by atoms with van der Waals surface area (Å²) in [6.07, 6.45) is 1.47. The molecule has 0 aliphatic carbocycles. The number of hydrogen-bond donors (Lipinski definition) is 1. The molecule has 7 heteroatoms. The molecule has 0 aliphatic rings. The number of benzene rings is 3. The standard InChI is InChI=1S/C23H20N2O5/c1-28-19-11-9-18(10-12-19)23(27)30-20-13-8-16(14-21(20)29-2)15-24-25-22(26)17-6-4-3-5-7-17/h3-15H,1-2H3,(H,25,26)/b24-15+. The van der Waals surface area contributed by atoms with Crippen LogP contribution in [0.2, 0.25) is 0 Å². The van der Waals surface area contributed by atoms with Gasteiger partial charge in [0.2, 0.25) is 0 Å². The second-order valence-electron chi connectivity index (χ2n) is 6.09. The molecule has 3 aromatic carbocycles. The minimum atomic E-state index is -0.521. The van der Waals surface area contributed by atoms with E-state index in [1.165, 1.54) is 13.3 Å². The Morgan fingerprint density at radius 2 is 1.57 bits per heavy atom. The van der Waals surface area contributed by atoms with Crippen molar-refractivity contribution in [2.75, 3.05) is 14.2 Å². The lowest BCUT2D eigenvalue weighted by Gasteiger charge is -2.10. The molecule has 1 N–H and O–H groups in total. The van der Waals surface area contributed by atoms with Crippen LogP contribution < -0.4 is 19.6 Å². The zero-order valence-corrected chi connectivity index (χ0v) is 16.5. The summed E-state index contributed by atoms with van der Waals surface area (Å²) in [4.78, 5) is 24.3. The van der Waals surface area contributed by atoms with Crippen LogP contribution in [0.25, 0.3) is 0 Å². The number of methoxy groups -OCH3 is 2. The first kappa shape index (κ1) is 20.6. The number of amides is 1. The van der Waals surface area contributed by atoms with Crippen molar-refractivity contribution >= 4 is 18.1 Å². The summed E-state index contributed by atoms with van der Waals surface area (Å²) >= 11 is 0. The summed E-state index contributed by atoms with van der Waals surface area (Å²) in [5.74, 6) is 0.433. The van der Waals surface area contributed by atoms with Crippen molar-refractivity contribution in [2.45, 2.75) is 0 Å². The van der Waals surface area contributed by atoms with Gasteiger partial charge < -0.3 is 14.2 Å². The van der Waals surface area contributed by atoms with Crippen molar-refractivity contribution < 1.29 is 23.8 Å². The van der Waals surface area contributed by atoms with Gasteiger partial charge >= 0.3 is 5.97 Å². The van der Waals surface area contributed by atoms with Crippen LogP contribution in [0.3, 0.4) is 0 Å². The zero-order chi connectivity index (χ0) is 21.3. The van der Waals surface area contributed by atoms with Crippen molar-refractivity contribution in [2.24, 2.45) is 5.10 Å². The number of nitrogens with zero attached hydrogens (tertiary/aromatic N) is 1. The Morgan fingerprint density at radius 3 is 2.23 bits per heavy atom. The van der Waals surface area contributed by atoms with Gasteiger partial charge in [-0.2, -0.15) is 5.10 Å². The molecule has 7 nitrogen and oxygen atoms in total. The number of carbonyl (C=O) groups excluding carboxylic acids is 2. The smallest absolute Gasteiger partial charge is 0.343 e. The molecule has 0 spiro atoms. The second kappa shape index (κ2) is 9.88. The molecule has 30 heavy (non-hydrogen) atoms. The maximum atomic E-state index is 12.4. The molecule has 0 fully saturated rings. The van der Waals surface area contributed by atoms with Crippen LogP contribution in [0.15, 0.2) is 77.9 Å². The number of esters is 1. The first-order valence-electron chi connectivity index (χ1n) is 9.03. The van der Waals surface area contributed by atoms with E-state index in [2.05, 4.69) is 10.5 Å². The number of ether oxygens (including phenoxy) is 3. The molecule has 0 radical (unpaired) electrons. The van der Waals surface area contributed by atoms with E-state index in [0.717, 1.165) is 0 Å². The lowest BCUT2D eigenvalue weighted by Crippen LogP contribution is -2.17. The number of hydrazone groups is 1. The van der Waals surface area contributed by atoms with Gasteiger partial charge in [0, 0.05) is 5.56 Å². The van der Waals surface area contributed by atoms with Crippen LogP contribution >= 0.6 is 0 Å². The topological polar surface area (TPSA) is 86.2 Å². The molecule has 3 rings (SSSR count). The van der Waals surface area contributed by atoms with Gasteiger partial charge in [-0.15, -0.1) is 0 Å². The fourth-order valence-corrected chi connectivity index (χ4v) is 2.55. The Hall–Kier alpha value is -4.13. The lowest BCUT2D eigenvalue weighted by molar-refractivity contribution is 0.0729. The average Bonchev–Trinajstić information content (AvgIpc) is 2.80. The maximum absolute atomic E-state index is 12.4. The van der Waals surface area contributed by atoms with Crippen LogP contribution in [0, 0.1) is 0 Å².